The van der Waals surface area contributed by atoms with Crippen LogP contribution in [0.4, 0.5) is 10.5 Å². The fourth-order valence-electron chi connectivity index (χ4n) is 3.78. The molecule has 2 N–H and O–H groups in total. The number of benzene rings is 2. The molecule has 2 amide bonds. The minimum absolute atomic E-state index is 0.140. The molecule has 5 heteroatoms. The first-order valence-corrected chi connectivity index (χ1v) is 9.95. The Morgan fingerprint density at radius 3 is 2.57 bits per heavy atom. The molecular weight excluding hydrogens is 348 g/mol. The van der Waals surface area contributed by atoms with E-state index in [0.29, 0.717) is 0 Å². The number of hydrogen-bond donors (Lipinski definition) is 2. The fourth-order valence-corrected chi connectivity index (χ4v) is 3.78. The van der Waals surface area contributed by atoms with Crippen molar-refractivity contribution in [2.24, 2.45) is 0 Å². The average molecular weight is 374 g/mol. The molecule has 0 spiro atoms. The molecule has 0 atom stereocenters. The largest absolute Gasteiger partial charge is 0.335 e. The topological polar surface area (TPSA) is 57.3 Å². The maximum Gasteiger partial charge on any atom is 0.319 e. The number of fused-ring (bicyclic) bond motifs is 1. The molecule has 144 valence electrons. The molecule has 0 unspecified atom stereocenters. The second-order valence-corrected chi connectivity index (χ2v) is 7.33. The summed E-state index contributed by atoms with van der Waals surface area (Å²) < 4.78 is 0. The summed E-state index contributed by atoms with van der Waals surface area (Å²) in [6.07, 6.45) is 4.77. The van der Waals surface area contributed by atoms with Gasteiger partial charge in [-0.25, -0.2) is 4.79 Å². The lowest BCUT2D eigenvalue weighted by atomic mass is 10.0. The van der Waals surface area contributed by atoms with Crippen LogP contribution in [-0.2, 0) is 6.42 Å². The summed E-state index contributed by atoms with van der Waals surface area (Å²) in [6.45, 7) is 3.12. The van der Waals surface area contributed by atoms with E-state index in [4.69, 9.17) is 0 Å². The highest BCUT2D eigenvalue weighted by molar-refractivity contribution is 6.00. The number of amides is 2. The van der Waals surface area contributed by atoms with Crippen LogP contribution in [0.25, 0.3) is 10.9 Å². The van der Waals surface area contributed by atoms with E-state index in [0.717, 1.165) is 55.5 Å². The van der Waals surface area contributed by atoms with Gasteiger partial charge in [-0.1, -0.05) is 48.5 Å². The van der Waals surface area contributed by atoms with Gasteiger partial charge in [0.2, 0.25) is 0 Å². The lowest BCUT2D eigenvalue weighted by Gasteiger charge is -2.32. The van der Waals surface area contributed by atoms with Crippen molar-refractivity contribution in [2.45, 2.75) is 25.3 Å². The van der Waals surface area contributed by atoms with Gasteiger partial charge in [0.15, 0.2) is 0 Å². The van der Waals surface area contributed by atoms with Gasteiger partial charge >= 0.3 is 6.03 Å². The normalized spacial score (nSPS) is 15.4. The second-order valence-electron chi connectivity index (χ2n) is 7.33. The number of likely N-dealkylation sites (tertiary alicyclic amines) is 1. The van der Waals surface area contributed by atoms with Crippen molar-refractivity contribution in [2.75, 3.05) is 25.0 Å². The first kappa shape index (κ1) is 18.4. The number of carbonyl (C=O) groups excluding carboxylic acids is 1. The number of urea groups is 1. The summed E-state index contributed by atoms with van der Waals surface area (Å²) in [7, 11) is 0. The van der Waals surface area contributed by atoms with E-state index < -0.39 is 0 Å². The standard InChI is InChI=1S/C23H26N4O/c28-23(26-22-10-14-24-21-9-5-4-8-20(21)22)25-19-12-16-27(17-13-19)15-11-18-6-2-1-3-7-18/h1-10,14,19H,11-13,15-17H2,(H2,24,25,26,28). The summed E-state index contributed by atoms with van der Waals surface area (Å²) in [5, 5.41) is 7.07. The minimum atomic E-state index is -0.140. The van der Waals surface area contributed by atoms with Crippen molar-refractivity contribution >= 4 is 22.6 Å². The lowest BCUT2D eigenvalue weighted by molar-refractivity contribution is 0.197. The SMILES string of the molecule is O=C(Nc1ccnc2ccccc12)NC1CCN(CCc2ccccc2)CC1. The first-order chi connectivity index (χ1) is 13.8. The molecule has 2 aromatic carbocycles. The van der Waals surface area contributed by atoms with Crippen molar-refractivity contribution in [3.63, 3.8) is 0 Å². The van der Waals surface area contributed by atoms with Gasteiger partial charge in [-0.2, -0.15) is 0 Å². The van der Waals surface area contributed by atoms with E-state index in [1.165, 1.54) is 5.56 Å². The predicted molar refractivity (Wildman–Crippen MR) is 114 cm³/mol. The molecular formula is C23H26N4O. The van der Waals surface area contributed by atoms with Gasteiger partial charge in [0.25, 0.3) is 0 Å². The number of piperidine rings is 1. The van der Waals surface area contributed by atoms with E-state index >= 15 is 0 Å². The quantitative estimate of drug-likeness (QED) is 0.708. The number of carbonyl (C=O) groups is 1. The molecule has 0 radical (unpaired) electrons. The molecule has 0 saturated carbocycles. The zero-order valence-corrected chi connectivity index (χ0v) is 16.0. The number of pyridine rings is 1. The number of aromatic nitrogens is 1. The Kier molecular flexibility index (Phi) is 5.83. The summed E-state index contributed by atoms with van der Waals surface area (Å²) in [4.78, 5) is 19.3. The van der Waals surface area contributed by atoms with Crippen LogP contribution in [-0.4, -0.2) is 41.6 Å². The van der Waals surface area contributed by atoms with Gasteiger partial charge in [0.1, 0.15) is 0 Å². The predicted octanol–water partition coefficient (Wildman–Crippen LogP) is 4.06. The Bertz CT molecular complexity index is 915. The molecule has 1 fully saturated rings. The Morgan fingerprint density at radius 1 is 1.00 bits per heavy atom. The van der Waals surface area contributed by atoms with Gasteiger partial charge in [-0.3, -0.25) is 4.98 Å². The minimum Gasteiger partial charge on any atom is -0.335 e. The molecule has 1 aromatic heterocycles. The van der Waals surface area contributed by atoms with Crippen LogP contribution in [0.1, 0.15) is 18.4 Å². The van der Waals surface area contributed by atoms with Crippen molar-refractivity contribution < 1.29 is 4.79 Å². The number of hydrogen-bond acceptors (Lipinski definition) is 3. The highest BCUT2D eigenvalue weighted by Crippen LogP contribution is 2.21. The number of nitrogens with zero attached hydrogens (tertiary/aromatic N) is 2. The average Bonchev–Trinajstić information content (AvgIpc) is 2.74. The van der Waals surface area contributed by atoms with Crippen LogP contribution in [0.3, 0.4) is 0 Å². The highest BCUT2D eigenvalue weighted by atomic mass is 16.2. The van der Waals surface area contributed by atoms with E-state index in [1.54, 1.807) is 6.20 Å². The Morgan fingerprint density at radius 2 is 1.75 bits per heavy atom. The molecule has 0 bridgehead atoms. The molecule has 1 saturated heterocycles. The van der Waals surface area contributed by atoms with Crippen molar-refractivity contribution in [3.05, 3.63) is 72.4 Å². The molecule has 2 heterocycles. The Labute approximate surface area is 165 Å². The third kappa shape index (κ3) is 4.67. The zero-order chi connectivity index (χ0) is 19.2. The van der Waals surface area contributed by atoms with Crippen LogP contribution in [0.2, 0.25) is 0 Å². The van der Waals surface area contributed by atoms with Crippen LogP contribution in [0.15, 0.2) is 66.9 Å². The van der Waals surface area contributed by atoms with E-state index in [2.05, 4.69) is 50.8 Å². The molecule has 5 nitrogen and oxygen atoms in total. The van der Waals surface area contributed by atoms with E-state index in [9.17, 15) is 4.79 Å². The molecule has 1 aliphatic heterocycles. The number of anilines is 1. The lowest BCUT2D eigenvalue weighted by Crippen LogP contribution is -2.46. The Balaban J connectivity index is 1.25. The van der Waals surface area contributed by atoms with Gasteiger partial charge < -0.3 is 15.5 Å². The zero-order valence-electron chi connectivity index (χ0n) is 16.0. The van der Waals surface area contributed by atoms with E-state index in [1.807, 2.05) is 30.3 Å². The summed E-state index contributed by atoms with van der Waals surface area (Å²) in [5.74, 6) is 0. The van der Waals surface area contributed by atoms with Gasteiger partial charge in [0, 0.05) is 37.3 Å². The molecule has 4 rings (SSSR count). The summed E-state index contributed by atoms with van der Waals surface area (Å²) in [6, 6.07) is 20.4. The smallest absolute Gasteiger partial charge is 0.319 e. The van der Waals surface area contributed by atoms with Gasteiger partial charge in [0.05, 0.1) is 11.2 Å². The molecule has 3 aromatic rings. The Hall–Kier alpha value is -2.92. The van der Waals surface area contributed by atoms with Gasteiger partial charge in [-0.15, -0.1) is 0 Å². The van der Waals surface area contributed by atoms with Crippen LogP contribution >= 0.6 is 0 Å². The van der Waals surface area contributed by atoms with Gasteiger partial charge in [-0.05, 0) is 37.0 Å². The number of nitrogens with one attached hydrogen (secondary N) is 2. The third-order valence-corrected chi connectivity index (χ3v) is 5.38. The van der Waals surface area contributed by atoms with Crippen LogP contribution in [0, 0.1) is 0 Å². The summed E-state index contributed by atoms with van der Waals surface area (Å²) in [5.41, 5.74) is 3.06. The van der Waals surface area contributed by atoms with Crippen LogP contribution < -0.4 is 10.6 Å². The van der Waals surface area contributed by atoms with Crippen molar-refractivity contribution in [1.82, 2.24) is 15.2 Å². The van der Waals surface area contributed by atoms with Crippen molar-refractivity contribution in [3.8, 4) is 0 Å². The monoisotopic (exact) mass is 374 g/mol. The molecule has 28 heavy (non-hydrogen) atoms. The fraction of sp³-hybridized carbons (Fsp3) is 0.304. The maximum atomic E-state index is 12.5. The first-order valence-electron chi connectivity index (χ1n) is 9.95. The maximum absolute atomic E-state index is 12.5. The third-order valence-electron chi connectivity index (χ3n) is 5.38. The highest BCUT2D eigenvalue weighted by Gasteiger charge is 2.20. The molecule has 0 aliphatic carbocycles. The molecule has 1 aliphatic rings. The van der Waals surface area contributed by atoms with Crippen molar-refractivity contribution in [1.29, 1.82) is 0 Å². The number of rotatable bonds is 5. The second kappa shape index (κ2) is 8.85. The summed E-state index contributed by atoms with van der Waals surface area (Å²) >= 11 is 0. The number of para-hydroxylation sites is 1. The van der Waals surface area contributed by atoms with E-state index in [-0.39, 0.29) is 12.1 Å². The van der Waals surface area contributed by atoms with Crippen LogP contribution in [0.5, 0.6) is 0 Å².